The van der Waals surface area contributed by atoms with Gasteiger partial charge < -0.3 is 14.4 Å². The maximum Gasteiger partial charge on any atom is 0.421 e. The van der Waals surface area contributed by atoms with E-state index in [0.717, 1.165) is 6.20 Å². The van der Waals surface area contributed by atoms with Crippen molar-refractivity contribution in [3.63, 3.8) is 0 Å². The summed E-state index contributed by atoms with van der Waals surface area (Å²) < 4.78 is 50.5. The summed E-state index contributed by atoms with van der Waals surface area (Å²) in [6.45, 7) is 4.16. The van der Waals surface area contributed by atoms with E-state index >= 15 is 0 Å². The van der Waals surface area contributed by atoms with Crippen LogP contribution in [0.25, 0.3) is 0 Å². The van der Waals surface area contributed by atoms with Gasteiger partial charge >= 0.3 is 12.2 Å². The Bertz CT molecular complexity index is 721. The van der Waals surface area contributed by atoms with Crippen molar-refractivity contribution in [2.45, 2.75) is 20.0 Å². The lowest BCUT2D eigenvalue weighted by Crippen LogP contribution is -2.20. The van der Waals surface area contributed by atoms with E-state index in [9.17, 15) is 13.2 Å². The minimum Gasteiger partial charge on any atom is -0.497 e. The highest BCUT2D eigenvalue weighted by molar-refractivity contribution is 5.64. The third kappa shape index (κ3) is 4.74. The summed E-state index contributed by atoms with van der Waals surface area (Å²) in [5.41, 5.74) is -0.437. The van der Waals surface area contributed by atoms with E-state index in [1.807, 2.05) is 13.8 Å². The molecule has 0 atom stereocenters. The van der Waals surface area contributed by atoms with Crippen LogP contribution in [-0.4, -0.2) is 30.7 Å². The Morgan fingerprint density at radius 2 is 1.96 bits per heavy atom. The second kappa shape index (κ2) is 7.58. The monoisotopic (exact) mass is 355 g/mol. The highest BCUT2D eigenvalue weighted by Gasteiger charge is 2.36. The van der Waals surface area contributed by atoms with Crippen LogP contribution in [0.4, 0.5) is 24.7 Å². The fourth-order valence-corrected chi connectivity index (χ4v) is 2.06. The van der Waals surface area contributed by atoms with Gasteiger partial charge in [0.1, 0.15) is 11.3 Å². The van der Waals surface area contributed by atoms with Gasteiger partial charge in [-0.15, -0.1) is 0 Å². The molecule has 0 radical (unpaired) electrons. The molecule has 0 amide bonds. The first-order valence-electron chi connectivity index (χ1n) is 7.67. The molecule has 0 spiro atoms. The fourth-order valence-electron chi connectivity index (χ4n) is 2.06. The van der Waals surface area contributed by atoms with E-state index in [-0.39, 0.29) is 17.7 Å². The summed E-state index contributed by atoms with van der Waals surface area (Å²) in [5.74, 6) is 0.447. The van der Waals surface area contributed by atoms with Crippen molar-refractivity contribution in [1.29, 1.82) is 0 Å². The predicted molar refractivity (Wildman–Crippen MR) is 88.4 cm³/mol. The van der Waals surface area contributed by atoms with Gasteiger partial charge in [-0.1, -0.05) is 19.9 Å². The molecule has 0 aliphatic carbocycles. The van der Waals surface area contributed by atoms with Crippen LogP contribution in [0.1, 0.15) is 19.4 Å². The molecule has 5 nitrogen and oxygen atoms in total. The van der Waals surface area contributed by atoms with Gasteiger partial charge in [0.15, 0.2) is 5.82 Å². The van der Waals surface area contributed by atoms with Crippen molar-refractivity contribution in [3.8, 4) is 11.8 Å². The van der Waals surface area contributed by atoms with E-state index in [2.05, 4.69) is 9.97 Å². The van der Waals surface area contributed by atoms with Crippen LogP contribution in [0.5, 0.6) is 11.8 Å². The molecule has 0 N–H and O–H groups in total. The van der Waals surface area contributed by atoms with Gasteiger partial charge in [-0.3, -0.25) is 0 Å². The van der Waals surface area contributed by atoms with Crippen molar-refractivity contribution < 1.29 is 22.6 Å². The highest BCUT2D eigenvalue weighted by Crippen LogP contribution is 2.38. The van der Waals surface area contributed by atoms with Gasteiger partial charge in [-0.25, -0.2) is 4.98 Å². The number of methoxy groups -OCH3 is 1. The van der Waals surface area contributed by atoms with E-state index < -0.39 is 11.7 Å². The Morgan fingerprint density at radius 1 is 1.24 bits per heavy atom. The van der Waals surface area contributed by atoms with Crippen molar-refractivity contribution >= 4 is 11.5 Å². The molecule has 136 valence electrons. The van der Waals surface area contributed by atoms with Crippen LogP contribution in [-0.2, 0) is 6.18 Å². The number of halogens is 3. The third-order valence-corrected chi connectivity index (χ3v) is 3.36. The molecule has 1 aromatic carbocycles. The number of nitrogens with zero attached hydrogens (tertiary/aromatic N) is 3. The molecular formula is C17H20F3N3O2. The predicted octanol–water partition coefficient (Wildman–Crippen LogP) is 4.31. The lowest BCUT2D eigenvalue weighted by atomic mass is 10.2. The van der Waals surface area contributed by atoms with E-state index in [4.69, 9.17) is 9.47 Å². The molecule has 0 bridgehead atoms. The third-order valence-electron chi connectivity index (χ3n) is 3.36. The van der Waals surface area contributed by atoms with Crippen LogP contribution in [0, 0.1) is 5.92 Å². The molecule has 25 heavy (non-hydrogen) atoms. The van der Waals surface area contributed by atoms with E-state index in [0.29, 0.717) is 18.0 Å². The van der Waals surface area contributed by atoms with Gasteiger partial charge in [0.2, 0.25) is 0 Å². The van der Waals surface area contributed by atoms with Gasteiger partial charge in [0, 0.05) is 25.0 Å². The fraction of sp³-hybridized carbons (Fsp3) is 0.412. The van der Waals surface area contributed by atoms with Gasteiger partial charge in [-0.2, -0.15) is 18.2 Å². The van der Waals surface area contributed by atoms with Crippen LogP contribution in [0.15, 0.2) is 30.5 Å². The molecule has 2 aromatic rings. The van der Waals surface area contributed by atoms with Crippen molar-refractivity contribution in [3.05, 3.63) is 36.0 Å². The first-order valence-corrected chi connectivity index (χ1v) is 7.67. The number of rotatable bonds is 6. The smallest absolute Gasteiger partial charge is 0.421 e. The van der Waals surface area contributed by atoms with Crippen molar-refractivity contribution in [1.82, 2.24) is 9.97 Å². The number of benzene rings is 1. The summed E-state index contributed by atoms with van der Waals surface area (Å²) in [6.07, 6.45) is -3.84. The van der Waals surface area contributed by atoms with Crippen LogP contribution < -0.4 is 14.4 Å². The lowest BCUT2D eigenvalue weighted by molar-refractivity contribution is -0.137. The minimum absolute atomic E-state index is 0.0913. The van der Waals surface area contributed by atoms with Gasteiger partial charge in [0.25, 0.3) is 0 Å². The maximum absolute atomic E-state index is 13.3. The maximum atomic E-state index is 13.3. The molecular weight excluding hydrogens is 335 g/mol. The summed E-state index contributed by atoms with van der Waals surface area (Å²) in [7, 11) is 2.99. The van der Waals surface area contributed by atoms with Crippen molar-refractivity contribution in [2.24, 2.45) is 5.92 Å². The zero-order valence-electron chi connectivity index (χ0n) is 14.5. The van der Waals surface area contributed by atoms with Crippen LogP contribution >= 0.6 is 0 Å². The molecule has 1 heterocycles. The quantitative estimate of drug-likeness (QED) is 0.773. The highest BCUT2D eigenvalue weighted by atomic mass is 19.4. The molecule has 0 saturated heterocycles. The zero-order valence-corrected chi connectivity index (χ0v) is 14.5. The number of ether oxygens (including phenoxy) is 2. The molecule has 0 aliphatic rings. The normalized spacial score (nSPS) is 11.5. The Hall–Kier alpha value is -2.51. The summed E-state index contributed by atoms with van der Waals surface area (Å²) >= 11 is 0. The van der Waals surface area contributed by atoms with Gasteiger partial charge in [0.05, 0.1) is 13.7 Å². The zero-order chi connectivity index (χ0) is 18.6. The minimum atomic E-state index is -4.58. The number of aromatic nitrogens is 2. The Morgan fingerprint density at radius 3 is 2.56 bits per heavy atom. The summed E-state index contributed by atoms with van der Waals surface area (Å²) in [6, 6.07) is 6.59. The van der Waals surface area contributed by atoms with Crippen LogP contribution in [0.2, 0.25) is 0 Å². The van der Waals surface area contributed by atoms with E-state index in [1.165, 1.54) is 19.1 Å². The SMILES string of the molecule is COc1cccc(N(C)c2nc(OCC(C)C)ncc2C(F)(F)F)c1. The largest absolute Gasteiger partial charge is 0.497 e. The standard InChI is InChI=1S/C17H20F3N3O2/c1-11(2)10-25-16-21-9-14(17(18,19)20)15(22-16)23(3)12-6-5-7-13(8-12)24-4/h5-9,11H,10H2,1-4H3. The second-order valence-electron chi connectivity index (χ2n) is 5.85. The number of anilines is 2. The second-order valence-corrected chi connectivity index (χ2v) is 5.85. The van der Waals surface area contributed by atoms with Crippen LogP contribution in [0.3, 0.4) is 0 Å². The molecule has 2 rings (SSSR count). The Labute approximate surface area is 144 Å². The molecule has 0 saturated carbocycles. The van der Waals surface area contributed by atoms with E-state index in [1.54, 1.807) is 24.3 Å². The number of hydrogen-bond donors (Lipinski definition) is 0. The Balaban J connectivity index is 2.45. The first kappa shape index (κ1) is 18.8. The summed E-state index contributed by atoms with van der Waals surface area (Å²) in [5, 5.41) is 0. The molecule has 0 unspecified atom stereocenters. The molecule has 0 fully saturated rings. The first-order chi connectivity index (χ1) is 11.7. The number of hydrogen-bond acceptors (Lipinski definition) is 5. The summed E-state index contributed by atoms with van der Waals surface area (Å²) in [4.78, 5) is 8.99. The lowest BCUT2D eigenvalue weighted by Gasteiger charge is -2.23. The molecule has 0 aliphatic heterocycles. The van der Waals surface area contributed by atoms with Crippen molar-refractivity contribution in [2.75, 3.05) is 25.7 Å². The Kier molecular flexibility index (Phi) is 5.71. The number of alkyl halides is 3. The average molecular weight is 355 g/mol. The van der Waals surface area contributed by atoms with Gasteiger partial charge in [-0.05, 0) is 18.1 Å². The molecule has 1 aromatic heterocycles. The molecule has 8 heteroatoms. The topological polar surface area (TPSA) is 47.5 Å². The average Bonchev–Trinajstić information content (AvgIpc) is 2.58.